The van der Waals surface area contributed by atoms with E-state index in [1.807, 2.05) is 0 Å². The average molecular weight is 479 g/mol. The second-order valence-corrected chi connectivity index (χ2v) is 12.1. The Morgan fingerprint density at radius 2 is 1.53 bits per heavy atom. The van der Waals surface area contributed by atoms with Gasteiger partial charge in [-0.3, -0.25) is 4.79 Å². The van der Waals surface area contributed by atoms with Crippen molar-refractivity contribution in [1.82, 2.24) is 17.8 Å². The molecule has 30 heavy (non-hydrogen) atoms. The molecule has 0 saturated carbocycles. The lowest BCUT2D eigenvalue weighted by Gasteiger charge is -2.36. The Morgan fingerprint density at radius 3 is 2.10 bits per heavy atom. The van der Waals surface area contributed by atoms with Gasteiger partial charge in [0, 0.05) is 52.4 Å². The SMILES string of the molecule is CCN(CC)S(=O)(=O)N1CCN(C(=O)c2sccc2S(=O)(=O)N2CCCCC2)CC1. The summed E-state index contributed by atoms with van der Waals surface area (Å²) in [7, 11) is -7.25. The molecule has 0 unspecified atom stereocenters. The van der Waals surface area contributed by atoms with Gasteiger partial charge in [-0.1, -0.05) is 20.3 Å². The Balaban J connectivity index is 1.72. The highest BCUT2D eigenvalue weighted by Crippen LogP contribution is 2.29. The van der Waals surface area contributed by atoms with Crippen LogP contribution in [0.2, 0.25) is 0 Å². The molecule has 0 aliphatic carbocycles. The zero-order valence-corrected chi connectivity index (χ0v) is 19.9. The summed E-state index contributed by atoms with van der Waals surface area (Å²) in [4.78, 5) is 14.9. The Kier molecular flexibility index (Phi) is 7.57. The van der Waals surface area contributed by atoms with Gasteiger partial charge in [-0.15, -0.1) is 11.3 Å². The Labute approximate surface area is 183 Å². The third kappa shape index (κ3) is 4.58. The number of hydrogen-bond donors (Lipinski definition) is 0. The highest BCUT2D eigenvalue weighted by Gasteiger charge is 2.35. The topological polar surface area (TPSA) is 98.3 Å². The highest BCUT2D eigenvalue weighted by atomic mass is 32.2. The van der Waals surface area contributed by atoms with Crippen LogP contribution in [0.15, 0.2) is 16.3 Å². The maximum Gasteiger partial charge on any atom is 0.282 e. The van der Waals surface area contributed by atoms with Crippen molar-refractivity contribution in [2.75, 3.05) is 52.4 Å². The van der Waals surface area contributed by atoms with Gasteiger partial charge in [-0.25, -0.2) is 8.42 Å². The lowest BCUT2D eigenvalue weighted by Crippen LogP contribution is -2.54. The minimum atomic E-state index is -3.70. The molecule has 0 atom stereocenters. The van der Waals surface area contributed by atoms with Gasteiger partial charge in [-0.2, -0.15) is 21.3 Å². The van der Waals surface area contributed by atoms with Gasteiger partial charge < -0.3 is 4.90 Å². The molecule has 0 bridgehead atoms. The van der Waals surface area contributed by atoms with E-state index in [1.54, 1.807) is 24.1 Å². The second-order valence-electron chi connectivity index (χ2n) is 7.36. The van der Waals surface area contributed by atoms with Crippen molar-refractivity contribution in [3.63, 3.8) is 0 Å². The molecule has 2 aliphatic heterocycles. The van der Waals surface area contributed by atoms with Crippen molar-refractivity contribution in [3.05, 3.63) is 16.3 Å². The number of hydrogen-bond acceptors (Lipinski definition) is 6. The van der Waals surface area contributed by atoms with Crippen molar-refractivity contribution in [1.29, 1.82) is 0 Å². The molecule has 170 valence electrons. The molecule has 0 radical (unpaired) electrons. The van der Waals surface area contributed by atoms with E-state index in [0.717, 1.165) is 30.6 Å². The van der Waals surface area contributed by atoms with E-state index < -0.39 is 20.2 Å². The van der Waals surface area contributed by atoms with E-state index in [4.69, 9.17) is 0 Å². The third-order valence-electron chi connectivity index (χ3n) is 5.64. The van der Waals surface area contributed by atoms with Crippen LogP contribution in [0.3, 0.4) is 0 Å². The lowest BCUT2D eigenvalue weighted by atomic mass is 10.2. The highest BCUT2D eigenvalue weighted by molar-refractivity contribution is 7.89. The molecule has 2 saturated heterocycles. The summed E-state index contributed by atoms with van der Waals surface area (Å²) >= 11 is 1.12. The first-order valence-electron chi connectivity index (χ1n) is 10.4. The van der Waals surface area contributed by atoms with Gasteiger partial charge in [0.2, 0.25) is 10.0 Å². The third-order valence-corrected chi connectivity index (χ3v) is 10.8. The number of piperazine rings is 1. The summed E-state index contributed by atoms with van der Waals surface area (Å²) in [5.74, 6) is -0.347. The first-order valence-corrected chi connectivity index (χ1v) is 14.1. The number of rotatable bonds is 7. The van der Waals surface area contributed by atoms with E-state index in [-0.39, 0.29) is 41.9 Å². The van der Waals surface area contributed by atoms with Crippen LogP contribution >= 0.6 is 11.3 Å². The molecule has 2 fully saturated rings. The van der Waals surface area contributed by atoms with Crippen LogP contribution < -0.4 is 0 Å². The molecular formula is C18H30N4O5S3. The van der Waals surface area contributed by atoms with E-state index in [9.17, 15) is 21.6 Å². The molecule has 0 aromatic carbocycles. The standard InChI is InChI=1S/C18H30N4O5S3/c1-3-20(4-2)30(26,27)22-13-11-19(12-14-22)18(23)17-16(8-15-28-17)29(24,25)21-9-6-5-7-10-21/h8,15H,3-7,9-14H2,1-2H3. The molecule has 9 nitrogen and oxygen atoms in total. The van der Waals surface area contributed by atoms with Crippen LogP contribution in [0.1, 0.15) is 42.8 Å². The van der Waals surface area contributed by atoms with E-state index in [1.165, 1.54) is 19.0 Å². The number of carbonyl (C=O) groups excluding carboxylic acids is 1. The molecule has 3 heterocycles. The van der Waals surface area contributed by atoms with Crippen molar-refractivity contribution < 1.29 is 21.6 Å². The molecule has 3 rings (SSSR count). The first-order chi connectivity index (χ1) is 14.2. The van der Waals surface area contributed by atoms with Crippen LogP contribution in [-0.4, -0.2) is 92.9 Å². The smallest absolute Gasteiger partial charge is 0.282 e. The summed E-state index contributed by atoms with van der Waals surface area (Å²) in [6.45, 7) is 6.20. The van der Waals surface area contributed by atoms with Crippen LogP contribution in [-0.2, 0) is 20.2 Å². The molecule has 1 amide bonds. The maximum atomic E-state index is 13.1. The van der Waals surface area contributed by atoms with Gasteiger partial charge in [0.15, 0.2) is 0 Å². The van der Waals surface area contributed by atoms with E-state index >= 15 is 0 Å². The van der Waals surface area contributed by atoms with Crippen molar-refractivity contribution in [2.45, 2.75) is 38.0 Å². The normalized spacial score (nSPS) is 20.0. The first kappa shape index (κ1) is 23.6. The monoisotopic (exact) mass is 478 g/mol. The van der Waals surface area contributed by atoms with Gasteiger partial charge >= 0.3 is 0 Å². The zero-order chi connectivity index (χ0) is 21.9. The van der Waals surface area contributed by atoms with Crippen LogP contribution in [0, 0.1) is 0 Å². The number of carbonyl (C=O) groups is 1. The molecular weight excluding hydrogens is 448 g/mol. The summed E-state index contributed by atoms with van der Waals surface area (Å²) in [5, 5.41) is 1.63. The fourth-order valence-corrected chi connectivity index (χ4v) is 8.36. The Hall–Kier alpha value is -1.05. The summed E-state index contributed by atoms with van der Waals surface area (Å²) in [6.07, 6.45) is 2.67. The van der Waals surface area contributed by atoms with Crippen LogP contribution in [0.4, 0.5) is 0 Å². The number of piperidine rings is 1. The fraction of sp³-hybridized carbons (Fsp3) is 0.722. The van der Waals surface area contributed by atoms with Gasteiger partial charge in [0.05, 0.1) is 0 Å². The predicted octanol–water partition coefficient (Wildman–Crippen LogP) is 1.27. The van der Waals surface area contributed by atoms with Crippen molar-refractivity contribution >= 4 is 37.5 Å². The number of amides is 1. The largest absolute Gasteiger partial charge is 0.335 e. The Morgan fingerprint density at radius 1 is 0.933 bits per heavy atom. The maximum absolute atomic E-state index is 13.1. The summed E-state index contributed by atoms with van der Waals surface area (Å²) in [6, 6.07) is 1.50. The summed E-state index contributed by atoms with van der Waals surface area (Å²) in [5.41, 5.74) is 0. The zero-order valence-electron chi connectivity index (χ0n) is 17.5. The average Bonchev–Trinajstić information content (AvgIpc) is 3.25. The Bertz CT molecular complexity index is 942. The number of sulfonamides is 1. The van der Waals surface area contributed by atoms with Crippen LogP contribution in [0.25, 0.3) is 0 Å². The summed E-state index contributed by atoms with van der Waals surface area (Å²) < 4.78 is 55.7. The van der Waals surface area contributed by atoms with Gasteiger partial charge in [-0.05, 0) is 24.3 Å². The minimum absolute atomic E-state index is 0.0672. The second kappa shape index (κ2) is 9.61. The van der Waals surface area contributed by atoms with E-state index in [2.05, 4.69) is 0 Å². The lowest BCUT2D eigenvalue weighted by molar-refractivity contribution is 0.0695. The predicted molar refractivity (Wildman–Crippen MR) is 116 cm³/mol. The number of thiophene rings is 1. The quantitative estimate of drug-likeness (QED) is 0.588. The molecule has 2 aliphatic rings. The van der Waals surface area contributed by atoms with Gasteiger partial charge in [0.25, 0.3) is 16.1 Å². The van der Waals surface area contributed by atoms with Crippen LogP contribution in [0.5, 0.6) is 0 Å². The van der Waals surface area contributed by atoms with Gasteiger partial charge in [0.1, 0.15) is 9.77 Å². The fourth-order valence-electron chi connectivity index (χ4n) is 3.88. The molecule has 12 heteroatoms. The molecule has 1 aromatic rings. The van der Waals surface area contributed by atoms with E-state index in [0.29, 0.717) is 26.2 Å². The molecule has 1 aromatic heterocycles. The van der Waals surface area contributed by atoms with Crippen molar-refractivity contribution in [3.8, 4) is 0 Å². The number of nitrogens with zero attached hydrogens (tertiary/aromatic N) is 4. The van der Waals surface area contributed by atoms with Crippen molar-refractivity contribution in [2.24, 2.45) is 0 Å². The minimum Gasteiger partial charge on any atom is -0.335 e. The molecule has 0 spiro atoms. The molecule has 0 N–H and O–H groups in total.